The van der Waals surface area contributed by atoms with E-state index in [1.807, 2.05) is 25.3 Å². The zero-order valence-corrected chi connectivity index (χ0v) is 12.4. The normalized spacial score (nSPS) is 11.8. The Hall–Kier alpha value is -2.56. The first-order chi connectivity index (χ1) is 10.9. The number of alkyl halides is 3. The van der Waals surface area contributed by atoms with Crippen molar-refractivity contribution in [3.63, 3.8) is 0 Å². The molecular weight excluding hydrogens is 303 g/mol. The van der Waals surface area contributed by atoms with Crippen molar-refractivity contribution in [3.8, 4) is 11.1 Å². The van der Waals surface area contributed by atoms with Gasteiger partial charge in [0.15, 0.2) is 6.29 Å². The summed E-state index contributed by atoms with van der Waals surface area (Å²) in [5, 5.41) is 0. The van der Waals surface area contributed by atoms with Gasteiger partial charge >= 0.3 is 6.18 Å². The predicted octanol–water partition coefficient (Wildman–Crippen LogP) is 5.00. The fourth-order valence-electron chi connectivity index (χ4n) is 2.66. The molecule has 3 rings (SSSR count). The summed E-state index contributed by atoms with van der Waals surface area (Å²) in [6.07, 6.45) is -1.07. The molecule has 1 aromatic carbocycles. The minimum absolute atomic E-state index is 0.356. The molecule has 0 saturated carbocycles. The van der Waals surface area contributed by atoms with Crippen molar-refractivity contribution in [1.29, 1.82) is 0 Å². The lowest BCUT2D eigenvalue weighted by Gasteiger charge is -2.08. The smallest absolute Gasteiger partial charge is 0.313 e. The minimum Gasteiger partial charge on any atom is -0.313 e. The molecule has 2 nitrogen and oxygen atoms in total. The number of nitrogens with zero attached hydrogens (tertiary/aromatic N) is 1. The lowest BCUT2D eigenvalue weighted by molar-refractivity contribution is -0.137. The molecule has 0 amide bonds. The average molecular weight is 317 g/mol. The van der Waals surface area contributed by atoms with Crippen LogP contribution in [-0.2, 0) is 12.6 Å². The van der Waals surface area contributed by atoms with Gasteiger partial charge in [-0.1, -0.05) is 25.1 Å². The van der Waals surface area contributed by atoms with Crippen LogP contribution >= 0.6 is 0 Å². The summed E-state index contributed by atoms with van der Waals surface area (Å²) in [5.74, 6) is 0. The Bertz CT molecular complexity index is 878. The molecule has 0 saturated heterocycles. The van der Waals surface area contributed by atoms with Crippen molar-refractivity contribution in [1.82, 2.24) is 4.40 Å². The Kier molecular flexibility index (Phi) is 3.72. The van der Waals surface area contributed by atoms with E-state index in [1.165, 1.54) is 6.07 Å². The number of carbonyl (C=O) groups is 1. The van der Waals surface area contributed by atoms with Gasteiger partial charge in [0.1, 0.15) is 0 Å². The number of hydrogen-bond acceptors (Lipinski definition) is 1. The van der Waals surface area contributed by atoms with E-state index in [2.05, 4.69) is 0 Å². The Balaban J connectivity index is 2.22. The van der Waals surface area contributed by atoms with Gasteiger partial charge < -0.3 is 4.40 Å². The number of benzene rings is 1. The van der Waals surface area contributed by atoms with Gasteiger partial charge in [-0.05, 0) is 41.8 Å². The maximum absolute atomic E-state index is 12.9. The Morgan fingerprint density at radius 1 is 1.13 bits per heavy atom. The molecule has 0 unspecified atom stereocenters. The molecule has 0 spiro atoms. The standard InChI is InChI=1S/C18H14F3NO/c1-2-12-6-7-15-9-16(17(11-23)22(15)10-12)13-4-3-5-14(8-13)18(19,20)21/h3-11H,2H2,1H3. The van der Waals surface area contributed by atoms with E-state index in [0.29, 0.717) is 23.1 Å². The highest BCUT2D eigenvalue weighted by Gasteiger charge is 2.30. The van der Waals surface area contributed by atoms with Gasteiger partial charge in [0.2, 0.25) is 0 Å². The monoisotopic (exact) mass is 317 g/mol. The first-order valence-corrected chi connectivity index (χ1v) is 7.21. The maximum Gasteiger partial charge on any atom is 0.416 e. The van der Waals surface area contributed by atoms with Gasteiger partial charge in [-0.3, -0.25) is 4.79 Å². The van der Waals surface area contributed by atoms with Crippen LogP contribution in [0.15, 0.2) is 48.7 Å². The van der Waals surface area contributed by atoms with Gasteiger partial charge in [0.05, 0.1) is 11.3 Å². The van der Waals surface area contributed by atoms with Crippen LogP contribution in [0.3, 0.4) is 0 Å². The summed E-state index contributed by atoms with van der Waals surface area (Å²) < 4.78 is 40.4. The SMILES string of the molecule is CCc1ccc2cc(-c3cccc(C(F)(F)F)c3)c(C=O)n2c1. The molecule has 3 aromatic rings. The number of hydrogen-bond donors (Lipinski definition) is 0. The van der Waals surface area contributed by atoms with Crippen molar-refractivity contribution < 1.29 is 18.0 Å². The summed E-state index contributed by atoms with van der Waals surface area (Å²) in [7, 11) is 0. The van der Waals surface area contributed by atoms with Gasteiger partial charge in [0, 0.05) is 17.3 Å². The number of halogens is 3. The number of aromatic nitrogens is 1. The highest BCUT2D eigenvalue weighted by Crippen LogP contribution is 2.34. The van der Waals surface area contributed by atoms with E-state index in [4.69, 9.17) is 0 Å². The maximum atomic E-state index is 12.9. The molecule has 2 heterocycles. The van der Waals surface area contributed by atoms with E-state index in [1.54, 1.807) is 16.5 Å². The zero-order chi connectivity index (χ0) is 16.6. The Morgan fingerprint density at radius 2 is 1.91 bits per heavy atom. The second kappa shape index (κ2) is 5.57. The molecule has 23 heavy (non-hydrogen) atoms. The van der Waals surface area contributed by atoms with E-state index < -0.39 is 11.7 Å². The lowest BCUT2D eigenvalue weighted by Crippen LogP contribution is -2.04. The molecule has 0 N–H and O–H groups in total. The summed E-state index contributed by atoms with van der Waals surface area (Å²) in [6, 6.07) is 10.6. The Morgan fingerprint density at radius 3 is 2.57 bits per heavy atom. The molecule has 0 aliphatic heterocycles. The summed E-state index contributed by atoms with van der Waals surface area (Å²) in [6.45, 7) is 2.00. The molecule has 0 aliphatic rings. The van der Waals surface area contributed by atoms with Crippen LogP contribution in [0, 0.1) is 0 Å². The minimum atomic E-state index is -4.41. The van der Waals surface area contributed by atoms with Gasteiger partial charge in [-0.25, -0.2) is 0 Å². The van der Waals surface area contributed by atoms with E-state index in [9.17, 15) is 18.0 Å². The number of aryl methyl sites for hydroxylation is 1. The zero-order valence-electron chi connectivity index (χ0n) is 12.4. The van der Waals surface area contributed by atoms with Crippen molar-refractivity contribution in [2.24, 2.45) is 0 Å². The first-order valence-electron chi connectivity index (χ1n) is 7.21. The second-order valence-corrected chi connectivity index (χ2v) is 5.33. The van der Waals surface area contributed by atoms with Crippen LogP contribution in [0.2, 0.25) is 0 Å². The fraction of sp³-hybridized carbons (Fsp3) is 0.167. The molecule has 118 valence electrons. The van der Waals surface area contributed by atoms with Crippen LogP contribution in [0.5, 0.6) is 0 Å². The van der Waals surface area contributed by atoms with Crippen molar-refractivity contribution in [2.45, 2.75) is 19.5 Å². The summed E-state index contributed by atoms with van der Waals surface area (Å²) >= 11 is 0. The van der Waals surface area contributed by atoms with Crippen LogP contribution in [0.1, 0.15) is 28.5 Å². The van der Waals surface area contributed by atoms with Gasteiger partial charge in [-0.15, -0.1) is 0 Å². The molecule has 0 radical (unpaired) electrons. The summed E-state index contributed by atoms with van der Waals surface area (Å²) in [4.78, 5) is 11.5. The van der Waals surface area contributed by atoms with E-state index in [-0.39, 0.29) is 0 Å². The van der Waals surface area contributed by atoms with Crippen LogP contribution < -0.4 is 0 Å². The third kappa shape index (κ3) is 2.74. The number of fused-ring (bicyclic) bond motifs is 1. The van der Waals surface area contributed by atoms with Crippen molar-refractivity contribution in [2.75, 3.05) is 0 Å². The molecule has 0 fully saturated rings. The third-order valence-corrected chi connectivity index (χ3v) is 3.89. The van der Waals surface area contributed by atoms with Crippen LogP contribution in [0.4, 0.5) is 13.2 Å². The topological polar surface area (TPSA) is 21.5 Å². The first kappa shape index (κ1) is 15.3. The average Bonchev–Trinajstić information content (AvgIpc) is 2.91. The number of rotatable bonds is 3. The second-order valence-electron chi connectivity index (χ2n) is 5.33. The molecule has 0 bridgehead atoms. The van der Waals surface area contributed by atoms with E-state index >= 15 is 0 Å². The largest absolute Gasteiger partial charge is 0.416 e. The molecule has 0 atom stereocenters. The predicted molar refractivity (Wildman–Crippen MR) is 82.6 cm³/mol. The van der Waals surface area contributed by atoms with Crippen molar-refractivity contribution >= 4 is 11.8 Å². The quantitative estimate of drug-likeness (QED) is 0.623. The Labute approximate surface area is 131 Å². The fourth-order valence-corrected chi connectivity index (χ4v) is 2.66. The van der Waals surface area contributed by atoms with Crippen LogP contribution in [0.25, 0.3) is 16.6 Å². The number of carbonyl (C=O) groups excluding carboxylic acids is 1. The highest BCUT2D eigenvalue weighted by atomic mass is 19.4. The number of pyridine rings is 1. The molecule has 2 aromatic heterocycles. The van der Waals surface area contributed by atoms with Gasteiger partial charge in [-0.2, -0.15) is 13.2 Å². The molecule has 0 aliphatic carbocycles. The summed E-state index contributed by atoms with van der Waals surface area (Å²) in [5.41, 5.74) is 2.33. The van der Waals surface area contributed by atoms with E-state index in [0.717, 1.165) is 29.6 Å². The third-order valence-electron chi connectivity index (χ3n) is 3.89. The molecular formula is C18H14F3NO. The van der Waals surface area contributed by atoms with Crippen molar-refractivity contribution in [3.05, 3.63) is 65.5 Å². The highest BCUT2D eigenvalue weighted by molar-refractivity contribution is 5.90. The lowest BCUT2D eigenvalue weighted by atomic mass is 10.0. The van der Waals surface area contributed by atoms with Crippen LogP contribution in [-0.4, -0.2) is 10.7 Å². The van der Waals surface area contributed by atoms with Gasteiger partial charge in [0.25, 0.3) is 0 Å². The number of aldehydes is 1. The molecule has 5 heteroatoms.